The quantitative estimate of drug-likeness (QED) is 0.833. The molecule has 0 bridgehead atoms. The first kappa shape index (κ1) is 15.1. The Morgan fingerprint density at radius 3 is 2.67 bits per heavy atom. The second-order valence-corrected chi connectivity index (χ2v) is 5.00. The molecule has 7 heteroatoms. The lowest BCUT2D eigenvalue weighted by Crippen LogP contribution is -2.35. The summed E-state index contributed by atoms with van der Waals surface area (Å²) >= 11 is 3.10. The fraction of sp³-hybridized carbons (Fsp3) is 0.0714. The number of nitrogens with zero attached hydrogens (tertiary/aromatic N) is 1. The van der Waals surface area contributed by atoms with Gasteiger partial charge in [-0.05, 0) is 30.3 Å². The zero-order valence-electron chi connectivity index (χ0n) is 10.8. The molecule has 0 aliphatic heterocycles. The van der Waals surface area contributed by atoms with Gasteiger partial charge < -0.3 is 10.6 Å². The van der Waals surface area contributed by atoms with Crippen LogP contribution in [0.2, 0.25) is 0 Å². The maximum Gasteiger partial charge on any atom is 0.313 e. The lowest BCUT2D eigenvalue weighted by molar-refractivity contribution is -0.136. The molecule has 2 aromatic rings. The molecular formula is C14H11BrFN3O2. The summed E-state index contributed by atoms with van der Waals surface area (Å²) in [7, 11) is 0. The van der Waals surface area contributed by atoms with E-state index in [1.54, 1.807) is 30.5 Å². The number of nitrogens with one attached hydrogen (secondary N) is 2. The van der Waals surface area contributed by atoms with E-state index in [2.05, 4.69) is 31.5 Å². The maximum absolute atomic E-state index is 13.5. The van der Waals surface area contributed by atoms with E-state index >= 15 is 0 Å². The topological polar surface area (TPSA) is 71.1 Å². The number of anilines is 1. The minimum Gasteiger partial charge on any atom is -0.342 e. The predicted molar refractivity (Wildman–Crippen MR) is 78.8 cm³/mol. The molecule has 1 heterocycles. The van der Waals surface area contributed by atoms with Gasteiger partial charge in [-0.25, -0.2) is 4.39 Å². The first-order valence-corrected chi connectivity index (χ1v) is 6.79. The molecular weight excluding hydrogens is 341 g/mol. The number of hydrogen-bond acceptors (Lipinski definition) is 3. The van der Waals surface area contributed by atoms with Gasteiger partial charge in [-0.15, -0.1) is 0 Å². The van der Waals surface area contributed by atoms with Gasteiger partial charge in [-0.2, -0.15) is 0 Å². The van der Waals surface area contributed by atoms with Crippen molar-refractivity contribution in [2.75, 3.05) is 5.32 Å². The van der Waals surface area contributed by atoms with E-state index in [0.717, 1.165) is 0 Å². The van der Waals surface area contributed by atoms with Gasteiger partial charge in [0.1, 0.15) is 5.82 Å². The Labute approximate surface area is 128 Å². The number of benzene rings is 1. The van der Waals surface area contributed by atoms with Crippen molar-refractivity contribution in [3.05, 3.63) is 58.6 Å². The molecule has 1 aromatic heterocycles. The molecule has 0 spiro atoms. The summed E-state index contributed by atoms with van der Waals surface area (Å²) in [5.74, 6) is -2.43. The Balaban J connectivity index is 1.92. The van der Waals surface area contributed by atoms with Crippen LogP contribution in [0.5, 0.6) is 0 Å². The summed E-state index contributed by atoms with van der Waals surface area (Å²) in [5.41, 5.74) is 0.560. The van der Waals surface area contributed by atoms with Crippen LogP contribution in [0.3, 0.4) is 0 Å². The highest BCUT2D eigenvalue weighted by molar-refractivity contribution is 9.10. The van der Waals surface area contributed by atoms with Crippen molar-refractivity contribution in [1.29, 1.82) is 0 Å². The number of halogens is 2. The van der Waals surface area contributed by atoms with Crippen LogP contribution in [0.1, 0.15) is 5.69 Å². The van der Waals surface area contributed by atoms with Crippen molar-refractivity contribution in [2.24, 2.45) is 0 Å². The number of hydrogen-bond donors (Lipinski definition) is 2. The molecule has 0 saturated heterocycles. The van der Waals surface area contributed by atoms with Gasteiger partial charge in [-0.1, -0.05) is 22.0 Å². The van der Waals surface area contributed by atoms with E-state index in [-0.39, 0.29) is 12.2 Å². The standard InChI is InChI=1S/C14H11BrFN3O2/c15-9-4-5-12(11(16)7-9)19-14(21)13(20)18-8-10-3-1-2-6-17-10/h1-7H,8H2,(H,18,20)(H,19,21). The highest BCUT2D eigenvalue weighted by Crippen LogP contribution is 2.19. The predicted octanol–water partition coefficient (Wildman–Crippen LogP) is 2.24. The van der Waals surface area contributed by atoms with E-state index < -0.39 is 17.6 Å². The average Bonchev–Trinajstić information content (AvgIpc) is 2.48. The Morgan fingerprint density at radius 1 is 1.19 bits per heavy atom. The number of pyridine rings is 1. The third kappa shape index (κ3) is 4.35. The fourth-order valence-electron chi connectivity index (χ4n) is 1.52. The number of amides is 2. The lowest BCUT2D eigenvalue weighted by Gasteiger charge is -2.07. The zero-order valence-corrected chi connectivity index (χ0v) is 12.4. The summed E-state index contributed by atoms with van der Waals surface area (Å²) < 4.78 is 14.1. The molecule has 21 heavy (non-hydrogen) atoms. The van der Waals surface area contributed by atoms with Crippen LogP contribution in [-0.4, -0.2) is 16.8 Å². The fourth-order valence-corrected chi connectivity index (χ4v) is 1.86. The van der Waals surface area contributed by atoms with Crippen molar-refractivity contribution in [3.63, 3.8) is 0 Å². The van der Waals surface area contributed by atoms with Crippen LogP contribution in [0.25, 0.3) is 0 Å². The highest BCUT2D eigenvalue weighted by atomic mass is 79.9. The van der Waals surface area contributed by atoms with Gasteiger partial charge >= 0.3 is 11.8 Å². The van der Waals surface area contributed by atoms with Gasteiger partial charge in [0.25, 0.3) is 0 Å². The van der Waals surface area contributed by atoms with Crippen LogP contribution in [-0.2, 0) is 16.1 Å². The number of carbonyl (C=O) groups excluding carboxylic acids is 2. The number of carbonyl (C=O) groups is 2. The molecule has 0 aliphatic carbocycles. The normalized spacial score (nSPS) is 10.0. The van der Waals surface area contributed by atoms with E-state index in [1.165, 1.54) is 12.1 Å². The summed E-state index contributed by atoms with van der Waals surface area (Å²) in [6.45, 7) is 0.121. The molecule has 0 radical (unpaired) electrons. The third-order valence-corrected chi connectivity index (χ3v) is 3.04. The van der Waals surface area contributed by atoms with Crippen LogP contribution in [0.4, 0.5) is 10.1 Å². The minimum atomic E-state index is -0.938. The zero-order chi connectivity index (χ0) is 15.2. The molecule has 2 amide bonds. The highest BCUT2D eigenvalue weighted by Gasteiger charge is 2.15. The van der Waals surface area contributed by atoms with Gasteiger partial charge in [0.15, 0.2) is 0 Å². The van der Waals surface area contributed by atoms with Gasteiger partial charge in [-0.3, -0.25) is 14.6 Å². The van der Waals surface area contributed by atoms with E-state index in [4.69, 9.17) is 0 Å². The molecule has 1 aromatic carbocycles. The smallest absolute Gasteiger partial charge is 0.313 e. The number of rotatable bonds is 3. The SMILES string of the molecule is O=C(NCc1ccccn1)C(=O)Nc1ccc(Br)cc1F. The molecule has 2 rings (SSSR count). The molecule has 0 fully saturated rings. The van der Waals surface area contributed by atoms with Crippen molar-refractivity contribution in [3.8, 4) is 0 Å². The average molecular weight is 352 g/mol. The van der Waals surface area contributed by atoms with E-state index in [1.807, 2.05) is 0 Å². The molecule has 5 nitrogen and oxygen atoms in total. The van der Waals surface area contributed by atoms with Crippen LogP contribution in [0.15, 0.2) is 47.1 Å². The van der Waals surface area contributed by atoms with Crippen molar-refractivity contribution in [2.45, 2.75) is 6.54 Å². The largest absolute Gasteiger partial charge is 0.342 e. The van der Waals surface area contributed by atoms with Gasteiger partial charge in [0.05, 0.1) is 17.9 Å². The second kappa shape index (κ2) is 6.94. The van der Waals surface area contributed by atoms with Crippen molar-refractivity contribution >= 4 is 33.4 Å². The molecule has 0 aliphatic rings. The number of aromatic nitrogens is 1. The van der Waals surface area contributed by atoms with Gasteiger partial charge in [0, 0.05) is 10.7 Å². The first-order valence-electron chi connectivity index (χ1n) is 6.00. The molecule has 0 unspecified atom stereocenters. The van der Waals surface area contributed by atoms with E-state index in [0.29, 0.717) is 10.2 Å². The molecule has 108 valence electrons. The Bertz CT molecular complexity index is 665. The lowest BCUT2D eigenvalue weighted by atomic mass is 10.3. The van der Waals surface area contributed by atoms with Crippen molar-refractivity contribution < 1.29 is 14.0 Å². The molecule has 0 saturated carbocycles. The Hall–Kier alpha value is -2.28. The van der Waals surface area contributed by atoms with Crippen LogP contribution in [0, 0.1) is 5.82 Å². The monoisotopic (exact) mass is 351 g/mol. The minimum absolute atomic E-state index is 0.0591. The molecule has 0 atom stereocenters. The maximum atomic E-state index is 13.5. The summed E-state index contributed by atoms with van der Waals surface area (Å²) in [4.78, 5) is 27.3. The Morgan fingerprint density at radius 2 is 2.00 bits per heavy atom. The summed E-state index contributed by atoms with van der Waals surface area (Å²) in [6.07, 6.45) is 1.58. The molecule has 2 N–H and O–H groups in total. The summed E-state index contributed by atoms with van der Waals surface area (Å²) in [6, 6.07) is 9.35. The Kier molecular flexibility index (Phi) is 4.99. The van der Waals surface area contributed by atoms with Crippen molar-refractivity contribution in [1.82, 2.24) is 10.3 Å². The van der Waals surface area contributed by atoms with Crippen LogP contribution < -0.4 is 10.6 Å². The van der Waals surface area contributed by atoms with Crippen LogP contribution >= 0.6 is 15.9 Å². The summed E-state index contributed by atoms with van der Waals surface area (Å²) in [5, 5.41) is 4.61. The van der Waals surface area contributed by atoms with E-state index in [9.17, 15) is 14.0 Å². The first-order chi connectivity index (χ1) is 10.1. The van der Waals surface area contributed by atoms with Gasteiger partial charge in [0.2, 0.25) is 0 Å². The third-order valence-electron chi connectivity index (χ3n) is 2.54. The second-order valence-electron chi connectivity index (χ2n) is 4.08.